The molecule has 0 saturated carbocycles. The molecule has 4 aromatic rings. The fourth-order valence-corrected chi connectivity index (χ4v) is 4.26. The summed E-state index contributed by atoms with van der Waals surface area (Å²) < 4.78 is 1.91. The molecular weight excluding hydrogens is 318 g/mol. The van der Waals surface area contributed by atoms with E-state index < -0.39 is 0 Å². The second-order valence-electron chi connectivity index (χ2n) is 5.78. The summed E-state index contributed by atoms with van der Waals surface area (Å²) in [5.74, 6) is 0.737. The third-order valence-electron chi connectivity index (χ3n) is 4.17. The first-order valence-corrected chi connectivity index (χ1v) is 8.71. The summed E-state index contributed by atoms with van der Waals surface area (Å²) in [6.07, 6.45) is 0. The van der Waals surface area contributed by atoms with Crippen molar-refractivity contribution >= 4 is 48.2 Å². The lowest BCUT2D eigenvalue weighted by atomic mass is 10.1. The molecule has 2 aromatic heterocycles. The topological polar surface area (TPSA) is 68.0 Å². The molecule has 0 aliphatic carbocycles. The number of rotatable bonds is 3. The van der Waals surface area contributed by atoms with Crippen molar-refractivity contribution in [2.45, 2.75) is 6.92 Å². The average Bonchev–Trinajstić information content (AvgIpc) is 2.60. The first kappa shape index (κ1) is 15.1. The highest BCUT2D eigenvalue weighted by molar-refractivity contribution is 7.25. The molecule has 0 aliphatic rings. The molecule has 0 spiro atoms. The van der Waals surface area contributed by atoms with Gasteiger partial charge in [0.1, 0.15) is 5.82 Å². The van der Waals surface area contributed by atoms with E-state index >= 15 is 0 Å². The van der Waals surface area contributed by atoms with E-state index in [0.717, 1.165) is 42.5 Å². The molecule has 3 N–H and O–H groups in total. The maximum absolute atomic E-state index is 13.2. The van der Waals surface area contributed by atoms with Gasteiger partial charge in [-0.2, -0.15) is 0 Å². The molecule has 0 unspecified atom stereocenters. The van der Waals surface area contributed by atoms with Crippen molar-refractivity contribution in [1.82, 2.24) is 4.98 Å². The van der Waals surface area contributed by atoms with E-state index in [2.05, 4.69) is 5.32 Å². The number of nitrogens with one attached hydrogen (secondary N) is 1. The first-order valence-electron chi connectivity index (χ1n) is 7.89. The van der Waals surface area contributed by atoms with Gasteiger partial charge in [0.15, 0.2) is 5.43 Å². The maximum Gasteiger partial charge on any atom is 0.196 e. The van der Waals surface area contributed by atoms with E-state index in [0.29, 0.717) is 13.1 Å². The zero-order chi connectivity index (χ0) is 16.7. The zero-order valence-electron chi connectivity index (χ0n) is 13.3. The Morgan fingerprint density at radius 3 is 2.71 bits per heavy atom. The summed E-state index contributed by atoms with van der Waals surface area (Å²) >= 11 is 1.62. The molecule has 0 aliphatic heterocycles. The number of aryl methyl sites for hydroxylation is 1. The zero-order valence-corrected chi connectivity index (χ0v) is 14.1. The molecule has 4 nitrogen and oxygen atoms in total. The predicted octanol–water partition coefficient (Wildman–Crippen LogP) is 3.64. The standard InChI is InChI=1S/C19H17N3OS/c1-11-5-4-7-13-16(23)15-12-6-2-3-8-14(12)22-19(21-10-9-20)18(15)24-17(11)13/h2-8H,9-10,20H2,1H3,(H,21,22). The van der Waals surface area contributed by atoms with Crippen LogP contribution in [0.4, 0.5) is 5.82 Å². The van der Waals surface area contributed by atoms with Gasteiger partial charge in [0.25, 0.3) is 0 Å². The second kappa shape index (κ2) is 5.85. The van der Waals surface area contributed by atoms with Gasteiger partial charge in [-0.3, -0.25) is 4.79 Å². The fourth-order valence-electron chi connectivity index (χ4n) is 3.03. The smallest absolute Gasteiger partial charge is 0.196 e. The largest absolute Gasteiger partial charge is 0.368 e. The molecular formula is C19H17N3OS. The van der Waals surface area contributed by atoms with Crippen LogP contribution in [0.1, 0.15) is 5.56 Å². The third kappa shape index (κ3) is 2.25. The van der Waals surface area contributed by atoms with Crippen molar-refractivity contribution in [3.8, 4) is 0 Å². The SMILES string of the molecule is Cc1cccc2c(=O)c3c(sc12)c(NCCN)nc1ccccc13. The van der Waals surface area contributed by atoms with Gasteiger partial charge in [0.05, 0.1) is 15.6 Å². The Bertz CT molecular complexity index is 1130. The van der Waals surface area contributed by atoms with Crippen LogP contribution in [0.5, 0.6) is 0 Å². The molecule has 0 amide bonds. The van der Waals surface area contributed by atoms with Crippen molar-refractivity contribution in [3.63, 3.8) is 0 Å². The molecule has 0 radical (unpaired) electrons. The molecule has 4 rings (SSSR count). The molecule has 120 valence electrons. The van der Waals surface area contributed by atoms with Crippen LogP contribution < -0.4 is 16.5 Å². The summed E-state index contributed by atoms with van der Waals surface area (Å²) in [5.41, 5.74) is 7.62. The van der Waals surface area contributed by atoms with Crippen molar-refractivity contribution in [2.75, 3.05) is 18.4 Å². The van der Waals surface area contributed by atoms with Crippen molar-refractivity contribution in [2.24, 2.45) is 5.73 Å². The Morgan fingerprint density at radius 2 is 1.88 bits per heavy atom. The van der Waals surface area contributed by atoms with Crippen molar-refractivity contribution < 1.29 is 0 Å². The van der Waals surface area contributed by atoms with Gasteiger partial charge in [-0.25, -0.2) is 4.98 Å². The highest BCUT2D eigenvalue weighted by Crippen LogP contribution is 2.34. The molecule has 0 saturated heterocycles. The summed E-state index contributed by atoms with van der Waals surface area (Å²) in [6.45, 7) is 3.16. The minimum Gasteiger partial charge on any atom is -0.368 e. The number of nitrogens with two attached hydrogens (primary N) is 1. The van der Waals surface area contributed by atoms with E-state index in [1.165, 1.54) is 0 Å². The molecule has 0 atom stereocenters. The van der Waals surface area contributed by atoms with Crippen molar-refractivity contribution in [3.05, 3.63) is 58.3 Å². The Hall–Kier alpha value is -2.50. The summed E-state index contributed by atoms with van der Waals surface area (Å²) in [6, 6.07) is 13.7. The third-order valence-corrected chi connectivity index (χ3v) is 5.52. The number of hydrogen-bond acceptors (Lipinski definition) is 5. The molecule has 2 aromatic carbocycles. The lowest BCUT2D eigenvalue weighted by molar-refractivity contribution is 1.02. The van der Waals surface area contributed by atoms with E-state index in [1.807, 2.05) is 49.4 Å². The molecule has 24 heavy (non-hydrogen) atoms. The van der Waals surface area contributed by atoms with Gasteiger partial charge >= 0.3 is 0 Å². The number of hydrogen-bond donors (Lipinski definition) is 2. The van der Waals surface area contributed by atoms with Crippen LogP contribution in [0.25, 0.3) is 31.1 Å². The maximum atomic E-state index is 13.2. The van der Waals surface area contributed by atoms with Gasteiger partial charge in [0, 0.05) is 28.6 Å². The van der Waals surface area contributed by atoms with E-state index in [9.17, 15) is 4.79 Å². The molecule has 0 bridgehead atoms. The highest BCUT2D eigenvalue weighted by atomic mass is 32.1. The molecule has 0 fully saturated rings. The quantitative estimate of drug-likeness (QED) is 0.443. The van der Waals surface area contributed by atoms with E-state index in [4.69, 9.17) is 10.7 Å². The van der Waals surface area contributed by atoms with Gasteiger partial charge in [-0.05, 0) is 24.6 Å². The number of nitrogens with zero attached hydrogens (tertiary/aromatic N) is 1. The minimum atomic E-state index is 0.0665. The van der Waals surface area contributed by atoms with Gasteiger partial charge in [-0.1, -0.05) is 30.3 Å². The number of para-hydroxylation sites is 1. The van der Waals surface area contributed by atoms with Crippen LogP contribution in [-0.2, 0) is 0 Å². The number of benzene rings is 2. The Balaban J connectivity index is 2.24. The second-order valence-corrected chi connectivity index (χ2v) is 6.80. The van der Waals surface area contributed by atoms with Gasteiger partial charge in [-0.15, -0.1) is 11.3 Å². The van der Waals surface area contributed by atoms with Crippen LogP contribution in [0.2, 0.25) is 0 Å². The number of anilines is 1. The Labute approximate surface area is 142 Å². The fraction of sp³-hybridized carbons (Fsp3) is 0.158. The first-order chi connectivity index (χ1) is 11.7. The van der Waals surface area contributed by atoms with Crippen LogP contribution in [0.3, 0.4) is 0 Å². The van der Waals surface area contributed by atoms with Crippen LogP contribution in [-0.4, -0.2) is 18.1 Å². The van der Waals surface area contributed by atoms with Crippen molar-refractivity contribution in [1.29, 1.82) is 0 Å². The highest BCUT2D eigenvalue weighted by Gasteiger charge is 2.15. The number of pyridine rings is 1. The van der Waals surface area contributed by atoms with E-state index in [1.54, 1.807) is 11.3 Å². The molecule has 2 heterocycles. The Kier molecular flexibility index (Phi) is 3.67. The van der Waals surface area contributed by atoms with Gasteiger partial charge < -0.3 is 11.1 Å². The number of fused-ring (bicyclic) bond motifs is 4. The average molecular weight is 335 g/mol. The summed E-state index contributed by atoms with van der Waals surface area (Å²) in [4.78, 5) is 17.9. The minimum absolute atomic E-state index is 0.0665. The lowest BCUT2D eigenvalue weighted by Crippen LogP contribution is -2.14. The molecule has 5 heteroatoms. The Morgan fingerprint density at radius 1 is 1.08 bits per heavy atom. The van der Waals surface area contributed by atoms with E-state index in [-0.39, 0.29) is 5.43 Å². The number of aromatic nitrogens is 1. The summed E-state index contributed by atoms with van der Waals surface area (Å²) in [7, 11) is 0. The van der Waals surface area contributed by atoms with Crippen LogP contribution >= 0.6 is 11.3 Å². The van der Waals surface area contributed by atoms with Crippen LogP contribution in [0.15, 0.2) is 47.3 Å². The monoisotopic (exact) mass is 335 g/mol. The normalized spacial score (nSPS) is 11.4. The van der Waals surface area contributed by atoms with Gasteiger partial charge in [0.2, 0.25) is 0 Å². The lowest BCUT2D eigenvalue weighted by Gasteiger charge is -2.11. The summed E-state index contributed by atoms with van der Waals surface area (Å²) in [5, 5.41) is 5.69. The predicted molar refractivity (Wildman–Crippen MR) is 103 cm³/mol. The van der Waals surface area contributed by atoms with Crippen LogP contribution in [0, 0.1) is 6.92 Å².